The lowest BCUT2D eigenvalue weighted by atomic mass is 10.1. The number of anilines is 1. The number of hydrogen-bond donors (Lipinski definition) is 1. The van der Waals surface area contributed by atoms with Gasteiger partial charge in [0.2, 0.25) is 0 Å². The van der Waals surface area contributed by atoms with Crippen LogP contribution in [0.1, 0.15) is 38.3 Å². The zero-order valence-electron chi connectivity index (χ0n) is 10.4. The average molecular weight is 219 g/mol. The summed E-state index contributed by atoms with van der Waals surface area (Å²) in [4.78, 5) is 6.74. The second-order valence-corrected chi connectivity index (χ2v) is 4.93. The summed E-state index contributed by atoms with van der Waals surface area (Å²) in [6.45, 7) is 4.26. The van der Waals surface area contributed by atoms with Crippen molar-refractivity contribution < 1.29 is 0 Å². The van der Waals surface area contributed by atoms with Crippen molar-refractivity contribution in [2.24, 2.45) is 11.7 Å². The molecular weight excluding hydrogens is 198 g/mol. The van der Waals surface area contributed by atoms with Gasteiger partial charge in [0.15, 0.2) is 0 Å². The van der Waals surface area contributed by atoms with Crippen LogP contribution >= 0.6 is 0 Å². The van der Waals surface area contributed by atoms with Crippen molar-refractivity contribution in [3.63, 3.8) is 0 Å². The molecule has 2 atom stereocenters. The van der Waals surface area contributed by atoms with Crippen LogP contribution in [0.25, 0.3) is 0 Å². The number of rotatable bonds is 4. The summed E-state index contributed by atoms with van der Waals surface area (Å²) in [5.41, 5.74) is 6.90. The van der Waals surface area contributed by atoms with Gasteiger partial charge < -0.3 is 10.6 Å². The van der Waals surface area contributed by atoms with E-state index in [9.17, 15) is 0 Å². The molecular formula is C13H21N3. The Bertz CT molecular complexity index is 341. The zero-order valence-corrected chi connectivity index (χ0v) is 10.4. The maximum absolute atomic E-state index is 5.80. The van der Waals surface area contributed by atoms with Crippen LogP contribution in [-0.4, -0.2) is 18.1 Å². The van der Waals surface area contributed by atoms with E-state index in [1.807, 2.05) is 13.1 Å². The monoisotopic (exact) mass is 219 g/mol. The first-order chi connectivity index (χ1) is 7.59. The molecule has 3 heteroatoms. The molecule has 1 heterocycles. The van der Waals surface area contributed by atoms with Gasteiger partial charge in [-0.2, -0.15) is 0 Å². The molecule has 2 unspecified atom stereocenters. The smallest absolute Gasteiger partial charge is 0.128 e. The van der Waals surface area contributed by atoms with Gasteiger partial charge in [0, 0.05) is 25.3 Å². The second-order valence-electron chi connectivity index (χ2n) is 4.93. The maximum Gasteiger partial charge on any atom is 0.128 e. The van der Waals surface area contributed by atoms with Crippen LogP contribution in [0.15, 0.2) is 18.3 Å². The number of hydrogen-bond acceptors (Lipinski definition) is 3. The van der Waals surface area contributed by atoms with Crippen LogP contribution in [0, 0.1) is 5.92 Å². The van der Waals surface area contributed by atoms with Gasteiger partial charge in [-0.3, -0.25) is 0 Å². The Kier molecular flexibility index (Phi) is 3.15. The molecule has 0 amide bonds. The van der Waals surface area contributed by atoms with E-state index in [0.29, 0.717) is 6.04 Å². The molecule has 16 heavy (non-hydrogen) atoms. The molecule has 2 rings (SSSR count). The normalized spacial score (nSPS) is 19.2. The summed E-state index contributed by atoms with van der Waals surface area (Å²) in [6, 6.07) is 4.79. The molecule has 0 aromatic carbocycles. The molecule has 2 N–H and O–H groups in total. The van der Waals surface area contributed by atoms with Gasteiger partial charge in [-0.25, -0.2) is 4.98 Å². The van der Waals surface area contributed by atoms with Crippen molar-refractivity contribution in [2.45, 2.75) is 38.8 Å². The summed E-state index contributed by atoms with van der Waals surface area (Å²) in [6.07, 6.45) is 4.61. The average Bonchev–Trinajstić information content (AvgIpc) is 3.11. The fourth-order valence-electron chi connectivity index (χ4n) is 1.98. The van der Waals surface area contributed by atoms with Gasteiger partial charge in [-0.15, -0.1) is 0 Å². The van der Waals surface area contributed by atoms with Crippen LogP contribution in [0.4, 0.5) is 5.82 Å². The van der Waals surface area contributed by atoms with E-state index in [-0.39, 0.29) is 6.04 Å². The summed E-state index contributed by atoms with van der Waals surface area (Å²) >= 11 is 0. The highest BCUT2D eigenvalue weighted by atomic mass is 15.2. The first kappa shape index (κ1) is 11.4. The molecule has 1 aliphatic rings. The van der Waals surface area contributed by atoms with Gasteiger partial charge in [0.05, 0.1) is 0 Å². The Hall–Kier alpha value is -1.09. The van der Waals surface area contributed by atoms with Crippen molar-refractivity contribution >= 4 is 5.82 Å². The maximum atomic E-state index is 5.80. The van der Waals surface area contributed by atoms with Crippen LogP contribution in [0.5, 0.6) is 0 Å². The van der Waals surface area contributed by atoms with Crippen LogP contribution in [0.2, 0.25) is 0 Å². The molecule has 0 bridgehead atoms. The lowest BCUT2D eigenvalue weighted by Gasteiger charge is -2.26. The largest absolute Gasteiger partial charge is 0.357 e. The summed E-state index contributed by atoms with van der Waals surface area (Å²) in [5.74, 6) is 1.91. The third-order valence-corrected chi connectivity index (χ3v) is 3.57. The Morgan fingerprint density at radius 2 is 2.06 bits per heavy atom. The minimum absolute atomic E-state index is 0.0627. The number of nitrogens with zero attached hydrogens (tertiary/aromatic N) is 2. The molecule has 3 nitrogen and oxygen atoms in total. The quantitative estimate of drug-likeness (QED) is 0.845. The minimum atomic E-state index is 0.0627. The summed E-state index contributed by atoms with van der Waals surface area (Å²) in [5, 5.41) is 0. The van der Waals surface area contributed by atoms with E-state index in [1.54, 1.807) is 0 Å². The number of pyridine rings is 1. The third kappa shape index (κ3) is 2.35. The highest BCUT2D eigenvalue weighted by molar-refractivity contribution is 5.40. The number of nitrogens with two attached hydrogens (primary N) is 1. The van der Waals surface area contributed by atoms with Crippen molar-refractivity contribution in [1.82, 2.24) is 4.98 Å². The van der Waals surface area contributed by atoms with Gasteiger partial charge in [0.25, 0.3) is 0 Å². The van der Waals surface area contributed by atoms with Crippen LogP contribution < -0.4 is 10.6 Å². The van der Waals surface area contributed by atoms with E-state index in [2.05, 4.69) is 36.0 Å². The molecule has 0 aliphatic heterocycles. The van der Waals surface area contributed by atoms with E-state index < -0.39 is 0 Å². The van der Waals surface area contributed by atoms with E-state index in [4.69, 9.17) is 5.73 Å². The summed E-state index contributed by atoms with van der Waals surface area (Å²) in [7, 11) is 2.12. The van der Waals surface area contributed by atoms with Crippen molar-refractivity contribution in [3.8, 4) is 0 Å². The first-order valence-electron chi connectivity index (χ1n) is 6.04. The highest BCUT2D eigenvalue weighted by Gasteiger charge is 2.30. The lowest BCUT2D eigenvalue weighted by molar-refractivity contribution is 0.603. The lowest BCUT2D eigenvalue weighted by Crippen LogP contribution is -2.31. The first-order valence-corrected chi connectivity index (χ1v) is 6.04. The molecule has 1 aromatic heterocycles. The fourth-order valence-corrected chi connectivity index (χ4v) is 1.98. The third-order valence-electron chi connectivity index (χ3n) is 3.57. The highest BCUT2D eigenvalue weighted by Crippen LogP contribution is 2.35. The SMILES string of the molecule is CC(N)c1ccc(N(C)C(C)C2CC2)nc1. The van der Waals surface area contributed by atoms with Crippen molar-refractivity contribution in [3.05, 3.63) is 23.9 Å². The Labute approximate surface area is 97.7 Å². The molecule has 0 spiro atoms. The van der Waals surface area contributed by atoms with Gasteiger partial charge in [-0.05, 0) is 44.2 Å². The molecule has 1 saturated carbocycles. The van der Waals surface area contributed by atoms with E-state index in [1.165, 1.54) is 12.8 Å². The fraction of sp³-hybridized carbons (Fsp3) is 0.615. The molecule has 1 aromatic rings. The topological polar surface area (TPSA) is 42.1 Å². The molecule has 0 saturated heterocycles. The van der Waals surface area contributed by atoms with Crippen molar-refractivity contribution in [1.29, 1.82) is 0 Å². The Balaban J connectivity index is 2.08. The molecule has 1 fully saturated rings. The van der Waals surface area contributed by atoms with Crippen LogP contribution in [-0.2, 0) is 0 Å². The standard InChI is InChI=1S/C13H21N3/c1-9(14)12-6-7-13(15-8-12)16(3)10(2)11-4-5-11/h6-11H,4-5,14H2,1-3H3. The zero-order chi connectivity index (χ0) is 11.7. The molecule has 88 valence electrons. The number of aromatic nitrogens is 1. The second kappa shape index (κ2) is 4.42. The van der Waals surface area contributed by atoms with Gasteiger partial charge >= 0.3 is 0 Å². The van der Waals surface area contributed by atoms with Crippen molar-refractivity contribution in [2.75, 3.05) is 11.9 Å². The predicted octanol–water partition coefficient (Wildman–Crippen LogP) is 2.34. The summed E-state index contributed by atoms with van der Waals surface area (Å²) < 4.78 is 0. The van der Waals surface area contributed by atoms with E-state index >= 15 is 0 Å². The minimum Gasteiger partial charge on any atom is -0.357 e. The molecule has 0 radical (unpaired) electrons. The Morgan fingerprint density at radius 1 is 1.38 bits per heavy atom. The predicted molar refractivity (Wildman–Crippen MR) is 67.4 cm³/mol. The Morgan fingerprint density at radius 3 is 2.50 bits per heavy atom. The molecule has 1 aliphatic carbocycles. The van der Waals surface area contributed by atoms with Gasteiger partial charge in [0.1, 0.15) is 5.82 Å². The van der Waals surface area contributed by atoms with Crippen LogP contribution in [0.3, 0.4) is 0 Å². The van der Waals surface area contributed by atoms with Gasteiger partial charge in [-0.1, -0.05) is 6.07 Å². The van der Waals surface area contributed by atoms with E-state index in [0.717, 1.165) is 17.3 Å².